The monoisotopic (exact) mass is 271 g/mol. The van der Waals surface area contributed by atoms with Crippen molar-refractivity contribution in [2.24, 2.45) is 0 Å². The minimum absolute atomic E-state index is 0.00239. The molecule has 0 fully saturated rings. The average molecular weight is 272 g/mol. The Morgan fingerprint density at radius 3 is 2.50 bits per heavy atom. The molecule has 0 saturated carbocycles. The maximum atomic E-state index is 10.6. The van der Waals surface area contributed by atoms with Crippen molar-refractivity contribution in [1.29, 1.82) is 0 Å². The summed E-state index contributed by atoms with van der Waals surface area (Å²) in [6.45, 7) is 4.89. The van der Waals surface area contributed by atoms with E-state index >= 15 is 0 Å². The number of hydrogen-bond acceptors (Lipinski definition) is 4. The van der Waals surface area contributed by atoms with E-state index < -0.39 is 4.92 Å². The average Bonchev–Trinajstić information content (AvgIpc) is 2.26. The SMILES string of the molecule is CN(C)C(C)(C)CNc1ccc([N+](=O)[O-])cc1Cl. The Morgan fingerprint density at radius 1 is 1.44 bits per heavy atom. The first kappa shape index (κ1) is 14.7. The summed E-state index contributed by atoms with van der Waals surface area (Å²) < 4.78 is 0. The first-order valence-corrected chi connectivity index (χ1v) is 5.97. The molecule has 0 aliphatic rings. The minimum Gasteiger partial charge on any atom is -0.382 e. The number of non-ortho nitro benzene ring substituents is 1. The van der Waals surface area contributed by atoms with Gasteiger partial charge in [-0.1, -0.05) is 11.6 Å². The summed E-state index contributed by atoms with van der Waals surface area (Å²) in [6.07, 6.45) is 0. The van der Waals surface area contributed by atoms with Gasteiger partial charge in [-0.25, -0.2) is 0 Å². The Labute approximate surface area is 112 Å². The molecule has 1 aromatic rings. The first-order valence-electron chi connectivity index (χ1n) is 5.59. The molecule has 6 heteroatoms. The Morgan fingerprint density at radius 2 is 2.06 bits per heavy atom. The van der Waals surface area contributed by atoms with E-state index in [1.807, 2.05) is 14.1 Å². The van der Waals surface area contributed by atoms with E-state index in [0.717, 1.165) is 0 Å². The third kappa shape index (κ3) is 3.58. The highest BCUT2D eigenvalue weighted by molar-refractivity contribution is 6.33. The zero-order valence-electron chi connectivity index (χ0n) is 11.0. The highest BCUT2D eigenvalue weighted by Crippen LogP contribution is 2.27. The molecule has 0 heterocycles. The van der Waals surface area contributed by atoms with Gasteiger partial charge in [-0.2, -0.15) is 0 Å². The number of rotatable bonds is 5. The molecular formula is C12H18ClN3O2. The predicted octanol–water partition coefficient (Wildman–Crippen LogP) is 3.00. The van der Waals surface area contributed by atoms with Crippen molar-refractivity contribution in [1.82, 2.24) is 4.90 Å². The van der Waals surface area contributed by atoms with Crippen LogP contribution in [0.3, 0.4) is 0 Å². The van der Waals surface area contributed by atoms with Crippen LogP contribution in [0.2, 0.25) is 5.02 Å². The lowest BCUT2D eigenvalue weighted by atomic mass is 10.0. The van der Waals surface area contributed by atoms with Crippen LogP contribution >= 0.6 is 11.6 Å². The Bertz CT molecular complexity index is 447. The fourth-order valence-electron chi connectivity index (χ4n) is 1.23. The Hall–Kier alpha value is -1.33. The molecule has 0 atom stereocenters. The van der Waals surface area contributed by atoms with E-state index in [1.165, 1.54) is 12.1 Å². The van der Waals surface area contributed by atoms with Gasteiger partial charge in [-0.3, -0.25) is 10.1 Å². The van der Waals surface area contributed by atoms with Crippen LogP contribution in [-0.2, 0) is 0 Å². The fraction of sp³-hybridized carbons (Fsp3) is 0.500. The lowest BCUT2D eigenvalue weighted by molar-refractivity contribution is -0.384. The highest BCUT2D eigenvalue weighted by atomic mass is 35.5. The number of nitrogens with one attached hydrogen (secondary N) is 1. The predicted molar refractivity (Wildman–Crippen MR) is 74.4 cm³/mol. The second-order valence-corrected chi connectivity index (χ2v) is 5.39. The summed E-state index contributed by atoms with van der Waals surface area (Å²) in [5.41, 5.74) is 0.667. The van der Waals surface area contributed by atoms with Gasteiger partial charge in [0.25, 0.3) is 5.69 Å². The van der Waals surface area contributed by atoms with Gasteiger partial charge in [0, 0.05) is 24.2 Å². The Kier molecular flexibility index (Phi) is 4.53. The number of nitro groups is 1. The number of benzene rings is 1. The Balaban J connectivity index is 2.78. The van der Waals surface area contributed by atoms with Gasteiger partial charge in [-0.05, 0) is 34.0 Å². The molecule has 18 heavy (non-hydrogen) atoms. The van der Waals surface area contributed by atoms with Crippen LogP contribution in [0.1, 0.15) is 13.8 Å². The van der Waals surface area contributed by atoms with Gasteiger partial charge in [0.15, 0.2) is 0 Å². The minimum atomic E-state index is -0.459. The number of hydrogen-bond donors (Lipinski definition) is 1. The van der Waals surface area contributed by atoms with E-state index in [0.29, 0.717) is 17.3 Å². The summed E-state index contributed by atoms with van der Waals surface area (Å²) in [5.74, 6) is 0. The molecule has 1 rings (SSSR count). The lowest BCUT2D eigenvalue weighted by Gasteiger charge is -2.33. The lowest BCUT2D eigenvalue weighted by Crippen LogP contribution is -2.44. The van der Waals surface area contributed by atoms with Crippen molar-refractivity contribution in [3.63, 3.8) is 0 Å². The van der Waals surface area contributed by atoms with Crippen LogP contribution in [0.15, 0.2) is 18.2 Å². The topological polar surface area (TPSA) is 58.4 Å². The smallest absolute Gasteiger partial charge is 0.271 e. The van der Waals surface area contributed by atoms with Crippen LogP contribution in [0, 0.1) is 10.1 Å². The molecule has 0 bridgehead atoms. The van der Waals surface area contributed by atoms with E-state index in [9.17, 15) is 10.1 Å². The van der Waals surface area contributed by atoms with Crippen LogP contribution in [0.25, 0.3) is 0 Å². The summed E-state index contributed by atoms with van der Waals surface area (Å²) >= 11 is 6.00. The highest BCUT2D eigenvalue weighted by Gasteiger charge is 2.20. The summed E-state index contributed by atoms with van der Waals surface area (Å²) in [6, 6.07) is 4.43. The number of anilines is 1. The number of likely N-dealkylation sites (N-methyl/N-ethyl adjacent to an activating group) is 1. The molecule has 0 radical (unpaired) electrons. The van der Waals surface area contributed by atoms with Gasteiger partial charge in [0.2, 0.25) is 0 Å². The largest absolute Gasteiger partial charge is 0.382 e. The second kappa shape index (κ2) is 5.54. The molecule has 100 valence electrons. The molecule has 0 aromatic heterocycles. The van der Waals surface area contributed by atoms with Crippen LogP contribution in [0.5, 0.6) is 0 Å². The molecule has 0 aliphatic heterocycles. The molecule has 1 N–H and O–H groups in total. The van der Waals surface area contributed by atoms with Crippen LogP contribution in [0.4, 0.5) is 11.4 Å². The molecule has 0 amide bonds. The third-order valence-electron chi connectivity index (χ3n) is 3.09. The number of nitrogens with zero attached hydrogens (tertiary/aromatic N) is 2. The summed E-state index contributed by atoms with van der Waals surface area (Å²) in [5, 5.41) is 14.2. The van der Waals surface area contributed by atoms with Crippen molar-refractivity contribution in [2.75, 3.05) is 26.0 Å². The van der Waals surface area contributed by atoms with Gasteiger partial charge in [0.05, 0.1) is 15.6 Å². The third-order valence-corrected chi connectivity index (χ3v) is 3.40. The number of halogens is 1. The van der Waals surface area contributed by atoms with Crippen LogP contribution < -0.4 is 5.32 Å². The van der Waals surface area contributed by atoms with E-state index in [4.69, 9.17) is 11.6 Å². The quantitative estimate of drug-likeness (QED) is 0.661. The van der Waals surface area contributed by atoms with E-state index in [1.54, 1.807) is 6.07 Å². The normalized spacial score (nSPS) is 11.7. The van der Waals surface area contributed by atoms with Crippen LogP contribution in [-0.4, -0.2) is 36.0 Å². The summed E-state index contributed by atoms with van der Waals surface area (Å²) in [7, 11) is 4.00. The molecular weight excluding hydrogens is 254 g/mol. The second-order valence-electron chi connectivity index (χ2n) is 4.98. The van der Waals surface area contributed by atoms with Gasteiger partial charge in [-0.15, -0.1) is 0 Å². The molecule has 1 aromatic carbocycles. The molecule has 0 unspecified atom stereocenters. The number of nitro benzene ring substituents is 1. The van der Waals surface area contributed by atoms with Crippen molar-refractivity contribution in [2.45, 2.75) is 19.4 Å². The van der Waals surface area contributed by atoms with Crippen molar-refractivity contribution < 1.29 is 4.92 Å². The maximum Gasteiger partial charge on any atom is 0.271 e. The fourth-order valence-corrected chi connectivity index (χ4v) is 1.47. The standard InChI is InChI=1S/C12H18ClN3O2/c1-12(2,15(3)4)8-14-11-6-5-9(16(17)18)7-10(11)13/h5-7,14H,8H2,1-4H3. The zero-order valence-corrected chi connectivity index (χ0v) is 11.8. The van der Waals surface area contributed by atoms with Gasteiger partial charge in [0.1, 0.15) is 0 Å². The van der Waals surface area contributed by atoms with E-state index in [-0.39, 0.29) is 11.2 Å². The van der Waals surface area contributed by atoms with Crippen molar-refractivity contribution in [3.8, 4) is 0 Å². The van der Waals surface area contributed by atoms with Gasteiger partial charge >= 0.3 is 0 Å². The molecule has 0 saturated heterocycles. The van der Waals surface area contributed by atoms with E-state index in [2.05, 4.69) is 24.1 Å². The molecule has 5 nitrogen and oxygen atoms in total. The summed E-state index contributed by atoms with van der Waals surface area (Å²) in [4.78, 5) is 12.2. The van der Waals surface area contributed by atoms with Crippen molar-refractivity contribution >= 4 is 23.0 Å². The van der Waals surface area contributed by atoms with Gasteiger partial charge < -0.3 is 10.2 Å². The maximum absolute atomic E-state index is 10.6. The zero-order chi connectivity index (χ0) is 13.9. The van der Waals surface area contributed by atoms with Crippen molar-refractivity contribution in [3.05, 3.63) is 33.3 Å². The first-order chi connectivity index (χ1) is 8.24. The molecule has 0 spiro atoms. The molecule has 0 aliphatic carbocycles.